The number of rotatable bonds is 7. The summed E-state index contributed by atoms with van der Waals surface area (Å²) in [5.74, 6) is -3.45. The standard InChI is InChI=1S/C28H29N3O3.C2HF3O2/c1-34-28(33)24-10-4-9-23(13-24)27(32)30-15-19-5-2-7-21(11-19)22-8-3-6-20(12-22)17-31-18-25-14-26(31)16-29-25;3-2(4,5)1(6)7/h2-13,25-26,29H,14-18H2,1H3,(H,30,32);(H,6,7)/t25-,26+;/m0./s1. The summed E-state index contributed by atoms with van der Waals surface area (Å²) in [7, 11) is 1.32. The molecule has 216 valence electrons. The van der Waals surface area contributed by atoms with Gasteiger partial charge in [0.2, 0.25) is 0 Å². The number of nitrogens with zero attached hydrogens (tertiary/aromatic N) is 1. The smallest absolute Gasteiger partial charge is 0.475 e. The van der Waals surface area contributed by atoms with Crippen molar-refractivity contribution in [2.24, 2.45) is 0 Å². The minimum atomic E-state index is -5.08. The molecule has 5 rings (SSSR count). The molecule has 11 heteroatoms. The maximum Gasteiger partial charge on any atom is 0.490 e. The molecule has 0 radical (unpaired) electrons. The number of fused-ring (bicyclic) bond motifs is 2. The van der Waals surface area contributed by atoms with E-state index in [-0.39, 0.29) is 5.91 Å². The van der Waals surface area contributed by atoms with Gasteiger partial charge in [-0.2, -0.15) is 13.2 Å². The molecule has 41 heavy (non-hydrogen) atoms. The van der Waals surface area contributed by atoms with Gasteiger partial charge in [0.25, 0.3) is 5.91 Å². The van der Waals surface area contributed by atoms with E-state index in [4.69, 9.17) is 14.6 Å². The van der Waals surface area contributed by atoms with Crippen molar-refractivity contribution in [1.29, 1.82) is 0 Å². The topological polar surface area (TPSA) is 108 Å². The molecule has 0 aliphatic carbocycles. The first kappa shape index (κ1) is 29.8. The van der Waals surface area contributed by atoms with Crippen molar-refractivity contribution >= 4 is 17.8 Å². The average molecular weight is 570 g/mol. The summed E-state index contributed by atoms with van der Waals surface area (Å²) in [6, 6.07) is 24.8. The lowest BCUT2D eigenvalue weighted by molar-refractivity contribution is -0.192. The number of hydrogen-bond acceptors (Lipinski definition) is 6. The average Bonchev–Trinajstić information content (AvgIpc) is 3.59. The summed E-state index contributed by atoms with van der Waals surface area (Å²) in [5, 5.41) is 13.6. The SMILES string of the molecule is COC(=O)c1cccc(C(=O)NCc2cccc(-c3cccc(CN4C[C@@H]5C[C@@H]4CN5)c3)c2)c1.O=C(O)C(F)(F)F. The van der Waals surface area contributed by atoms with Crippen molar-refractivity contribution in [2.45, 2.75) is 37.8 Å². The van der Waals surface area contributed by atoms with Crippen LogP contribution in [0.2, 0.25) is 0 Å². The lowest BCUT2D eigenvalue weighted by Crippen LogP contribution is -2.42. The third kappa shape index (κ3) is 7.92. The van der Waals surface area contributed by atoms with Crippen LogP contribution in [0.5, 0.6) is 0 Å². The van der Waals surface area contributed by atoms with Crippen LogP contribution in [0.4, 0.5) is 13.2 Å². The highest BCUT2D eigenvalue weighted by Crippen LogP contribution is 2.27. The van der Waals surface area contributed by atoms with Crippen molar-refractivity contribution < 1.29 is 37.4 Å². The number of benzene rings is 3. The molecule has 2 heterocycles. The number of carboxylic acids is 1. The molecule has 0 aromatic heterocycles. The number of alkyl halides is 3. The molecule has 2 bridgehead atoms. The molecule has 3 N–H and O–H groups in total. The predicted molar refractivity (Wildman–Crippen MR) is 145 cm³/mol. The first-order valence-electron chi connectivity index (χ1n) is 13.0. The normalized spacial score (nSPS) is 17.9. The van der Waals surface area contributed by atoms with E-state index in [1.807, 2.05) is 12.1 Å². The van der Waals surface area contributed by atoms with Gasteiger partial charge in [0.1, 0.15) is 0 Å². The number of ether oxygens (including phenoxy) is 1. The molecule has 3 aromatic rings. The van der Waals surface area contributed by atoms with Crippen LogP contribution in [-0.4, -0.2) is 66.3 Å². The van der Waals surface area contributed by atoms with E-state index < -0.39 is 18.1 Å². The van der Waals surface area contributed by atoms with Gasteiger partial charge in [-0.25, -0.2) is 9.59 Å². The highest BCUT2D eigenvalue weighted by molar-refractivity contribution is 5.97. The number of carbonyl (C=O) groups is 3. The summed E-state index contributed by atoms with van der Waals surface area (Å²) in [5.41, 5.74) is 5.44. The fourth-order valence-corrected chi connectivity index (χ4v) is 4.98. The monoisotopic (exact) mass is 569 g/mol. The Bertz CT molecular complexity index is 1410. The van der Waals surface area contributed by atoms with E-state index in [0.29, 0.717) is 29.8 Å². The molecule has 0 saturated carbocycles. The van der Waals surface area contributed by atoms with Gasteiger partial charge in [-0.3, -0.25) is 9.69 Å². The van der Waals surface area contributed by atoms with Gasteiger partial charge in [0, 0.05) is 43.8 Å². The van der Waals surface area contributed by atoms with Gasteiger partial charge in [0.05, 0.1) is 12.7 Å². The highest BCUT2D eigenvalue weighted by Gasteiger charge is 2.38. The number of amides is 1. The largest absolute Gasteiger partial charge is 0.490 e. The van der Waals surface area contributed by atoms with Crippen LogP contribution in [0.15, 0.2) is 72.8 Å². The molecule has 0 unspecified atom stereocenters. The summed E-state index contributed by atoms with van der Waals surface area (Å²) in [6.45, 7) is 3.62. The number of nitrogens with one attached hydrogen (secondary N) is 2. The molecule has 8 nitrogen and oxygen atoms in total. The first-order chi connectivity index (χ1) is 19.5. The Balaban J connectivity index is 0.000000493. The van der Waals surface area contributed by atoms with Gasteiger partial charge in [-0.15, -0.1) is 0 Å². The van der Waals surface area contributed by atoms with Crippen molar-refractivity contribution in [2.75, 3.05) is 20.2 Å². The molecule has 0 spiro atoms. The van der Waals surface area contributed by atoms with E-state index in [9.17, 15) is 22.8 Å². The van der Waals surface area contributed by atoms with Crippen LogP contribution in [-0.2, 0) is 22.6 Å². The van der Waals surface area contributed by atoms with Gasteiger partial charge >= 0.3 is 18.1 Å². The van der Waals surface area contributed by atoms with Gasteiger partial charge in [-0.05, 0) is 59.0 Å². The number of halogens is 3. The van der Waals surface area contributed by atoms with Gasteiger partial charge in [0.15, 0.2) is 0 Å². The van der Waals surface area contributed by atoms with E-state index >= 15 is 0 Å². The molecule has 2 saturated heterocycles. The Labute approximate surface area is 235 Å². The van der Waals surface area contributed by atoms with Crippen molar-refractivity contribution in [3.8, 4) is 11.1 Å². The van der Waals surface area contributed by atoms with Crippen LogP contribution in [0.1, 0.15) is 38.3 Å². The third-order valence-corrected chi connectivity index (χ3v) is 6.98. The minimum Gasteiger partial charge on any atom is -0.475 e. The Morgan fingerprint density at radius 1 is 0.976 bits per heavy atom. The van der Waals surface area contributed by atoms with E-state index in [1.54, 1.807) is 24.3 Å². The van der Waals surface area contributed by atoms with Gasteiger partial charge in [-0.1, -0.05) is 42.5 Å². The molecule has 3 aromatic carbocycles. The zero-order valence-corrected chi connectivity index (χ0v) is 22.3. The van der Waals surface area contributed by atoms with Crippen LogP contribution in [0.3, 0.4) is 0 Å². The molecule has 1 amide bonds. The van der Waals surface area contributed by atoms with Crippen LogP contribution >= 0.6 is 0 Å². The molecule has 2 aliphatic heterocycles. The molecule has 2 aliphatic rings. The molecular formula is C30H30F3N3O5. The number of aliphatic carboxylic acids is 1. The number of esters is 1. The Morgan fingerprint density at radius 2 is 1.59 bits per heavy atom. The predicted octanol–water partition coefficient (Wildman–Crippen LogP) is 4.25. The number of carboxylic acid groups (broad SMARTS) is 1. The Hall–Kier alpha value is -4.22. The van der Waals surface area contributed by atoms with Gasteiger partial charge < -0.3 is 20.5 Å². The van der Waals surface area contributed by atoms with Crippen LogP contribution in [0, 0.1) is 0 Å². The van der Waals surface area contributed by atoms with Crippen molar-refractivity contribution in [3.63, 3.8) is 0 Å². The number of hydrogen-bond donors (Lipinski definition) is 3. The van der Waals surface area contributed by atoms with Crippen molar-refractivity contribution in [1.82, 2.24) is 15.5 Å². The second-order valence-corrected chi connectivity index (χ2v) is 9.88. The lowest BCUT2D eigenvalue weighted by atomic mass is 10.0. The zero-order valence-electron chi connectivity index (χ0n) is 22.3. The molecular weight excluding hydrogens is 539 g/mol. The number of likely N-dealkylation sites (tertiary alicyclic amines) is 1. The Morgan fingerprint density at radius 3 is 2.17 bits per heavy atom. The minimum absolute atomic E-state index is 0.229. The van der Waals surface area contributed by atoms with Crippen LogP contribution in [0.25, 0.3) is 11.1 Å². The maximum atomic E-state index is 12.6. The number of carbonyl (C=O) groups excluding carboxylic acids is 2. The summed E-state index contributed by atoms with van der Waals surface area (Å²) in [4.78, 5) is 35.8. The third-order valence-electron chi connectivity index (χ3n) is 6.98. The van der Waals surface area contributed by atoms with E-state index in [2.05, 4.69) is 51.9 Å². The Kier molecular flexibility index (Phi) is 9.41. The van der Waals surface area contributed by atoms with E-state index in [0.717, 1.165) is 30.8 Å². The molecule has 2 fully saturated rings. The maximum absolute atomic E-state index is 12.6. The lowest BCUT2D eigenvalue weighted by Gasteiger charge is -2.27. The second-order valence-electron chi connectivity index (χ2n) is 9.88. The van der Waals surface area contributed by atoms with Crippen LogP contribution < -0.4 is 10.6 Å². The number of piperazine rings is 1. The van der Waals surface area contributed by atoms with E-state index in [1.165, 1.54) is 24.7 Å². The quantitative estimate of drug-likeness (QED) is 0.365. The summed E-state index contributed by atoms with van der Waals surface area (Å²) < 4.78 is 36.5. The summed E-state index contributed by atoms with van der Waals surface area (Å²) >= 11 is 0. The fourth-order valence-electron chi connectivity index (χ4n) is 4.98. The zero-order chi connectivity index (χ0) is 29.6. The molecule has 2 atom stereocenters. The van der Waals surface area contributed by atoms with Crippen molar-refractivity contribution in [3.05, 3.63) is 95.1 Å². The second kappa shape index (κ2) is 13.0. The first-order valence-corrected chi connectivity index (χ1v) is 13.0. The highest BCUT2D eigenvalue weighted by atomic mass is 19.4. The number of methoxy groups -OCH3 is 1. The summed E-state index contributed by atoms with van der Waals surface area (Å²) in [6.07, 6.45) is -3.82. The fraction of sp³-hybridized carbons (Fsp3) is 0.300.